The number of benzene rings is 2. The standard InChI is InChI=1S/C14H11BrFNO4/c1-8(18)14-12(16)3-2-4-13(14)21-11-6-9(15)5-10(7-11)17(19)20/h2-8,18H,1H3/t8-/m1/s1. The summed E-state index contributed by atoms with van der Waals surface area (Å²) in [6, 6.07) is 8.19. The third-order valence-corrected chi connectivity index (χ3v) is 3.18. The van der Waals surface area contributed by atoms with Crippen molar-refractivity contribution in [2.45, 2.75) is 13.0 Å². The first-order valence-corrected chi connectivity index (χ1v) is 6.77. The molecule has 0 unspecified atom stereocenters. The van der Waals surface area contributed by atoms with Gasteiger partial charge < -0.3 is 9.84 Å². The zero-order valence-corrected chi connectivity index (χ0v) is 12.5. The Labute approximate surface area is 128 Å². The first-order valence-electron chi connectivity index (χ1n) is 5.98. The van der Waals surface area contributed by atoms with Gasteiger partial charge in [0.1, 0.15) is 17.3 Å². The second-order valence-electron chi connectivity index (χ2n) is 4.33. The maximum Gasteiger partial charge on any atom is 0.274 e. The van der Waals surface area contributed by atoms with Gasteiger partial charge in [-0.05, 0) is 25.1 Å². The summed E-state index contributed by atoms with van der Waals surface area (Å²) in [5.41, 5.74) is -0.158. The number of ether oxygens (including phenoxy) is 1. The molecule has 0 aliphatic heterocycles. The van der Waals surface area contributed by atoms with E-state index >= 15 is 0 Å². The summed E-state index contributed by atoms with van der Waals surface area (Å²) < 4.78 is 19.7. The first-order chi connectivity index (χ1) is 9.88. The summed E-state index contributed by atoms with van der Waals surface area (Å²) in [4.78, 5) is 10.3. The highest BCUT2D eigenvalue weighted by Crippen LogP contribution is 2.34. The monoisotopic (exact) mass is 355 g/mol. The molecule has 1 atom stereocenters. The van der Waals surface area contributed by atoms with E-state index in [-0.39, 0.29) is 22.7 Å². The highest BCUT2D eigenvalue weighted by Gasteiger charge is 2.17. The zero-order chi connectivity index (χ0) is 15.6. The van der Waals surface area contributed by atoms with E-state index in [0.29, 0.717) is 4.47 Å². The minimum absolute atomic E-state index is 0.000119. The lowest BCUT2D eigenvalue weighted by atomic mass is 10.1. The Kier molecular flexibility index (Phi) is 4.54. The van der Waals surface area contributed by atoms with Crippen molar-refractivity contribution < 1.29 is 19.2 Å². The predicted molar refractivity (Wildman–Crippen MR) is 77.9 cm³/mol. The van der Waals surface area contributed by atoms with Gasteiger partial charge in [-0.1, -0.05) is 22.0 Å². The van der Waals surface area contributed by atoms with Crippen molar-refractivity contribution in [3.63, 3.8) is 0 Å². The van der Waals surface area contributed by atoms with Crippen molar-refractivity contribution >= 4 is 21.6 Å². The van der Waals surface area contributed by atoms with Crippen LogP contribution in [0.25, 0.3) is 0 Å². The zero-order valence-electron chi connectivity index (χ0n) is 10.9. The van der Waals surface area contributed by atoms with Crippen LogP contribution in [0.1, 0.15) is 18.6 Å². The van der Waals surface area contributed by atoms with Crippen LogP contribution in [-0.4, -0.2) is 10.0 Å². The number of nitro benzene ring substituents is 1. The van der Waals surface area contributed by atoms with Gasteiger partial charge >= 0.3 is 0 Å². The fourth-order valence-corrected chi connectivity index (χ4v) is 2.31. The van der Waals surface area contributed by atoms with Crippen molar-refractivity contribution in [2.75, 3.05) is 0 Å². The molecule has 0 aliphatic rings. The normalized spacial score (nSPS) is 12.0. The van der Waals surface area contributed by atoms with Gasteiger partial charge in [0.25, 0.3) is 5.69 Å². The molecule has 1 N–H and O–H groups in total. The van der Waals surface area contributed by atoms with Gasteiger partial charge in [-0.15, -0.1) is 0 Å². The average molecular weight is 356 g/mol. The minimum atomic E-state index is -1.07. The molecule has 7 heteroatoms. The van der Waals surface area contributed by atoms with Crippen molar-refractivity contribution in [1.82, 2.24) is 0 Å². The molecule has 2 rings (SSSR count). The number of non-ortho nitro benzene ring substituents is 1. The Morgan fingerprint density at radius 3 is 2.71 bits per heavy atom. The summed E-state index contributed by atoms with van der Waals surface area (Å²) in [6.45, 7) is 1.41. The second-order valence-corrected chi connectivity index (χ2v) is 5.25. The van der Waals surface area contributed by atoms with Crippen LogP contribution < -0.4 is 4.74 Å². The van der Waals surface area contributed by atoms with Crippen molar-refractivity contribution in [3.8, 4) is 11.5 Å². The Balaban J connectivity index is 2.43. The van der Waals surface area contributed by atoms with E-state index < -0.39 is 16.8 Å². The fraction of sp³-hybridized carbons (Fsp3) is 0.143. The molecule has 0 bridgehead atoms. The van der Waals surface area contributed by atoms with Gasteiger partial charge in [0.05, 0.1) is 22.7 Å². The quantitative estimate of drug-likeness (QED) is 0.653. The molecular weight excluding hydrogens is 345 g/mol. The average Bonchev–Trinajstić information content (AvgIpc) is 2.37. The number of halogens is 2. The molecular formula is C14H11BrFNO4. The Bertz CT molecular complexity index is 691. The molecule has 2 aromatic rings. The molecule has 0 amide bonds. The molecule has 110 valence electrons. The SMILES string of the molecule is C[C@@H](O)c1c(F)cccc1Oc1cc(Br)cc([N+](=O)[O-])c1. The van der Waals surface area contributed by atoms with E-state index in [2.05, 4.69) is 15.9 Å². The van der Waals surface area contributed by atoms with E-state index in [4.69, 9.17) is 4.74 Å². The molecule has 0 heterocycles. The number of nitrogens with zero attached hydrogens (tertiary/aromatic N) is 1. The molecule has 5 nitrogen and oxygen atoms in total. The number of hydrogen-bond acceptors (Lipinski definition) is 4. The van der Waals surface area contributed by atoms with Crippen LogP contribution in [0.5, 0.6) is 11.5 Å². The van der Waals surface area contributed by atoms with Crippen LogP contribution in [-0.2, 0) is 0 Å². The van der Waals surface area contributed by atoms with Crippen LogP contribution in [0.4, 0.5) is 10.1 Å². The summed E-state index contributed by atoms with van der Waals surface area (Å²) in [7, 11) is 0. The lowest BCUT2D eigenvalue weighted by molar-refractivity contribution is -0.385. The lowest BCUT2D eigenvalue weighted by Crippen LogP contribution is -2.00. The number of rotatable bonds is 4. The molecule has 0 saturated heterocycles. The molecule has 0 saturated carbocycles. The molecule has 0 radical (unpaired) electrons. The second kappa shape index (κ2) is 6.19. The predicted octanol–water partition coefficient (Wildman–Crippen LogP) is 4.34. The van der Waals surface area contributed by atoms with Gasteiger partial charge in [0.2, 0.25) is 0 Å². The van der Waals surface area contributed by atoms with Gasteiger partial charge in [-0.2, -0.15) is 0 Å². The third-order valence-electron chi connectivity index (χ3n) is 2.73. The maximum absolute atomic E-state index is 13.7. The minimum Gasteiger partial charge on any atom is -0.457 e. The Hall–Kier alpha value is -1.99. The van der Waals surface area contributed by atoms with E-state index in [1.807, 2.05) is 0 Å². The lowest BCUT2D eigenvalue weighted by Gasteiger charge is -2.14. The van der Waals surface area contributed by atoms with Crippen molar-refractivity contribution in [3.05, 3.63) is 62.4 Å². The molecule has 0 fully saturated rings. The van der Waals surface area contributed by atoms with Gasteiger partial charge in [-0.3, -0.25) is 10.1 Å². The number of aliphatic hydroxyl groups is 1. The number of nitro groups is 1. The first kappa shape index (κ1) is 15.4. The van der Waals surface area contributed by atoms with Crippen LogP contribution >= 0.6 is 15.9 Å². The number of aliphatic hydroxyl groups excluding tert-OH is 1. The molecule has 0 spiro atoms. The van der Waals surface area contributed by atoms with E-state index in [1.54, 1.807) is 0 Å². The van der Waals surface area contributed by atoms with E-state index in [9.17, 15) is 19.6 Å². The largest absolute Gasteiger partial charge is 0.457 e. The van der Waals surface area contributed by atoms with Gasteiger partial charge in [-0.25, -0.2) is 4.39 Å². The van der Waals surface area contributed by atoms with Crippen LogP contribution in [0.2, 0.25) is 0 Å². The molecule has 2 aromatic carbocycles. The Morgan fingerprint density at radius 2 is 2.10 bits per heavy atom. The van der Waals surface area contributed by atoms with E-state index in [1.165, 1.54) is 43.3 Å². The topological polar surface area (TPSA) is 72.6 Å². The smallest absolute Gasteiger partial charge is 0.274 e. The number of hydrogen-bond donors (Lipinski definition) is 1. The maximum atomic E-state index is 13.7. The van der Waals surface area contributed by atoms with E-state index in [0.717, 1.165) is 0 Å². The van der Waals surface area contributed by atoms with Gasteiger partial charge in [0.15, 0.2) is 0 Å². The molecule has 0 aromatic heterocycles. The molecule has 21 heavy (non-hydrogen) atoms. The summed E-state index contributed by atoms with van der Waals surface area (Å²) >= 11 is 3.15. The van der Waals surface area contributed by atoms with Crippen molar-refractivity contribution in [2.24, 2.45) is 0 Å². The van der Waals surface area contributed by atoms with Crippen molar-refractivity contribution in [1.29, 1.82) is 0 Å². The van der Waals surface area contributed by atoms with Gasteiger partial charge in [0, 0.05) is 10.5 Å². The van der Waals surface area contributed by atoms with Crippen LogP contribution in [0.15, 0.2) is 40.9 Å². The molecule has 0 aliphatic carbocycles. The highest BCUT2D eigenvalue weighted by molar-refractivity contribution is 9.10. The van der Waals surface area contributed by atoms with Crippen LogP contribution in [0.3, 0.4) is 0 Å². The summed E-state index contributed by atoms with van der Waals surface area (Å²) in [6.07, 6.45) is -1.07. The fourth-order valence-electron chi connectivity index (χ4n) is 1.85. The highest BCUT2D eigenvalue weighted by atomic mass is 79.9. The summed E-state index contributed by atoms with van der Waals surface area (Å²) in [5.74, 6) is -0.326. The third kappa shape index (κ3) is 3.56. The van der Waals surface area contributed by atoms with Crippen LogP contribution in [0, 0.1) is 15.9 Å². The summed E-state index contributed by atoms with van der Waals surface area (Å²) in [5, 5.41) is 20.4. The Morgan fingerprint density at radius 1 is 1.38 bits per heavy atom.